The highest BCUT2D eigenvalue weighted by atomic mass is 16.5. The van der Waals surface area contributed by atoms with Gasteiger partial charge in [-0.05, 0) is 24.3 Å². The monoisotopic (exact) mass is 367 g/mol. The molecule has 0 saturated heterocycles. The van der Waals surface area contributed by atoms with E-state index in [1.54, 1.807) is 42.5 Å². The lowest BCUT2D eigenvalue weighted by molar-refractivity contribution is -0.114. The Morgan fingerprint density at radius 3 is 2.11 bits per heavy atom. The Morgan fingerprint density at radius 1 is 0.926 bits per heavy atom. The van der Waals surface area contributed by atoms with E-state index in [4.69, 9.17) is 9.47 Å². The third-order valence-corrected chi connectivity index (χ3v) is 3.38. The van der Waals surface area contributed by atoms with E-state index < -0.39 is 0 Å². The fourth-order valence-electron chi connectivity index (χ4n) is 2.17. The van der Waals surface area contributed by atoms with Crippen LogP contribution in [0, 0.1) is 11.8 Å². The molecule has 27 heavy (non-hydrogen) atoms. The molecule has 0 atom stereocenters. The number of hydrogen-bond acceptors (Lipinski definition) is 4. The molecule has 0 heterocycles. The summed E-state index contributed by atoms with van der Waals surface area (Å²) in [5.74, 6) is 6.83. The van der Waals surface area contributed by atoms with Crippen LogP contribution >= 0.6 is 0 Å². The van der Waals surface area contributed by atoms with Gasteiger partial charge in [0.15, 0.2) is 0 Å². The SMILES string of the molecule is COc1cc(NC(=O)NCC#Cc2ccc(NC(C)=O)cc2)cc(OC)c1. The van der Waals surface area contributed by atoms with E-state index in [9.17, 15) is 9.59 Å². The maximum Gasteiger partial charge on any atom is 0.319 e. The second-order valence-corrected chi connectivity index (χ2v) is 5.47. The molecular weight excluding hydrogens is 346 g/mol. The molecule has 0 fully saturated rings. The summed E-state index contributed by atoms with van der Waals surface area (Å²) in [6, 6.07) is 11.8. The van der Waals surface area contributed by atoms with Gasteiger partial charge in [0.2, 0.25) is 5.91 Å². The van der Waals surface area contributed by atoms with Crippen LogP contribution in [0.3, 0.4) is 0 Å². The number of amides is 3. The van der Waals surface area contributed by atoms with Crippen LogP contribution in [0.5, 0.6) is 11.5 Å². The first-order valence-electron chi connectivity index (χ1n) is 8.14. The molecule has 0 aromatic heterocycles. The molecule has 0 radical (unpaired) electrons. The molecule has 3 N–H and O–H groups in total. The molecule has 0 aliphatic heterocycles. The molecule has 2 aromatic carbocycles. The van der Waals surface area contributed by atoms with E-state index in [0.29, 0.717) is 22.9 Å². The summed E-state index contributed by atoms with van der Waals surface area (Å²) in [6.45, 7) is 1.63. The van der Waals surface area contributed by atoms with Crippen molar-refractivity contribution < 1.29 is 19.1 Å². The van der Waals surface area contributed by atoms with Crippen LogP contribution in [-0.2, 0) is 4.79 Å². The molecule has 0 bridgehead atoms. The Bertz CT molecular complexity index is 845. The molecule has 3 amide bonds. The first-order chi connectivity index (χ1) is 13.0. The summed E-state index contributed by atoms with van der Waals surface area (Å²) < 4.78 is 10.3. The average molecular weight is 367 g/mol. The molecule has 0 saturated carbocycles. The lowest BCUT2D eigenvalue weighted by Crippen LogP contribution is -2.28. The maximum atomic E-state index is 12.0. The van der Waals surface area contributed by atoms with Crippen molar-refractivity contribution in [1.29, 1.82) is 0 Å². The lowest BCUT2D eigenvalue weighted by Gasteiger charge is -2.09. The molecule has 2 rings (SSSR count). The number of ether oxygens (including phenoxy) is 2. The highest BCUT2D eigenvalue weighted by molar-refractivity contribution is 5.90. The molecule has 0 aliphatic carbocycles. The summed E-state index contributed by atoms with van der Waals surface area (Å²) in [5, 5.41) is 8.03. The fraction of sp³-hybridized carbons (Fsp3) is 0.200. The smallest absolute Gasteiger partial charge is 0.319 e. The molecule has 140 valence electrons. The van der Waals surface area contributed by atoms with Gasteiger partial charge in [-0.25, -0.2) is 4.79 Å². The van der Waals surface area contributed by atoms with Crippen molar-refractivity contribution in [2.45, 2.75) is 6.92 Å². The van der Waals surface area contributed by atoms with Crippen LogP contribution in [0.25, 0.3) is 0 Å². The van der Waals surface area contributed by atoms with Crippen molar-refractivity contribution >= 4 is 23.3 Å². The molecule has 2 aromatic rings. The van der Waals surface area contributed by atoms with Gasteiger partial charge in [-0.2, -0.15) is 0 Å². The Hall–Kier alpha value is -3.66. The normalized spacial score (nSPS) is 9.44. The van der Waals surface area contributed by atoms with Gasteiger partial charge in [0.05, 0.1) is 20.8 Å². The molecule has 0 aliphatic rings. The molecular formula is C20H21N3O4. The minimum atomic E-state index is -0.388. The van der Waals surface area contributed by atoms with Crippen molar-refractivity contribution in [2.75, 3.05) is 31.4 Å². The number of methoxy groups -OCH3 is 2. The molecule has 7 heteroatoms. The van der Waals surface area contributed by atoms with Gasteiger partial charge in [-0.1, -0.05) is 11.8 Å². The predicted molar refractivity (Wildman–Crippen MR) is 104 cm³/mol. The highest BCUT2D eigenvalue weighted by Crippen LogP contribution is 2.25. The number of nitrogens with one attached hydrogen (secondary N) is 3. The number of benzene rings is 2. The Kier molecular flexibility index (Phi) is 7.08. The van der Waals surface area contributed by atoms with Crippen molar-refractivity contribution in [2.24, 2.45) is 0 Å². The van der Waals surface area contributed by atoms with Gasteiger partial charge in [0.25, 0.3) is 0 Å². The first kappa shape index (κ1) is 19.7. The van der Waals surface area contributed by atoms with Crippen LogP contribution in [0.1, 0.15) is 12.5 Å². The van der Waals surface area contributed by atoms with Crippen LogP contribution in [0.15, 0.2) is 42.5 Å². The standard InChI is InChI=1S/C20H21N3O4/c1-14(24)22-16-8-6-15(7-9-16)5-4-10-21-20(25)23-17-11-18(26-2)13-19(12-17)27-3/h6-9,11-13H,10H2,1-3H3,(H,22,24)(H2,21,23,25). The Labute approximate surface area is 158 Å². The largest absolute Gasteiger partial charge is 0.497 e. The van der Waals surface area contributed by atoms with E-state index in [2.05, 4.69) is 27.8 Å². The van der Waals surface area contributed by atoms with Gasteiger partial charge in [-0.15, -0.1) is 0 Å². The molecule has 0 unspecified atom stereocenters. The predicted octanol–water partition coefficient (Wildman–Crippen LogP) is 2.84. The third kappa shape index (κ3) is 6.63. The number of urea groups is 1. The lowest BCUT2D eigenvalue weighted by atomic mass is 10.2. The van der Waals surface area contributed by atoms with Gasteiger partial charge in [-0.3, -0.25) is 4.79 Å². The first-order valence-corrected chi connectivity index (χ1v) is 8.14. The van der Waals surface area contributed by atoms with Crippen molar-refractivity contribution in [3.05, 3.63) is 48.0 Å². The van der Waals surface area contributed by atoms with Crippen LogP contribution in [0.2, 0.25) is 0 Å². The summed E-state index contributed by atoms with van der Waals surface area (Å²) in [7, 11) is 3.08. The summed E-state index contributed by atoms with van der Waals surface area (Å²) in [5.41, 5.74) is 2.04. The zero-order chi connectivity index (χ0) is 19.6. The quantitative estimate of drug-likeness (QED) is 0.709. The molecule has 7 nitrogen and oxygen atoms in total. The number of carbonyl (C=O) groups is 2. The van der Waals surface area contributed by atoms with E-state index in [1.165, 1.54) is 21.1 Å². The maximum absolute atomic E-state index is 12.0. The fourth-order valence-corrected chi connectivity index (χ4v) is 2.17. The second kappa shape index (κ2) is 9.73. The van der Waals surface area contributed by atoms with E-state index in [0.717, 1.165) is 5.56 Å². The number of carbonyl (C=O) groups excluding carboxylic acids is 2. The van der Waals surface area contributed by atoms with Crippen LogP contribution in [-0.4, -0.2) is 32.7 Å². The van der Waals surface area contributed by atoms with E-state index >= 15 is 0 Å². The Morgan fingerprint density at radius 2 is 1.56 bits per heavy atom. The van der Waals surface area contributed by atoms with Crippen molar-refractivity contribution in [3.8, 4) is 23.3 Å². The van der Waals surface area contributed by atoms with Gasteiger partial charge in [0, 0.05) is 42.1 Å². The van der Waals surface area contributed by atoms with E-state index in [1.807, 2.05) is 0 Å². The van der Waals surface area contributed by atoms with Crippen molar-refractivity contribution in [1.82, 2.24) is 5.32 Å². The Balaban J connectivity index is 1.86. The zero-order valence-electron chi connectivity index (χ0n) is 15.4. The van der Waals surface area contributed by atoms with Crippen LogP contribution in [0.4, 0.5) is 16.2 Å². The highest BCUT2D eigenvalue weighted by Gasteiger charge is 2.05. The van der Waals surface area contributed by atoms with Gasteiger partial charge >= 0.3 is 6.03 Å². The molecule has 0 spiro atoms. The van der Waals surface area contributed by atoms with Gasteiger partial charge < -0.3 is 25.4 Å². The summed E-state index contributed by atoms with van der Waals surface area (Å²) >= 11 is 0. The third-order valence-electron chi connectivity index (χ3n) is 3.38. The number of anilines is 2. The zero-order valence-corrected chi connectivity index (χ0v) is 15.4. The average Bonchev–Trinajstić information content (AvgIpc) is 2.65. The summed E-state index contributed by atoms with van der Waals surface area (Å²) in [6.07, 6.45) is 0. The minimum absolute atomic E-state index is 0.127. The topological polar surface area (TPSA) is 88.7 Å². The second-order valence-electron chi connectivity index (χ2n) is 5.47. The van der Waals surface area contributed by atoms with Crippen LogP contribution < -0.4 is 25.4 Å². The number of hydrogen-bond donors (Lipinski definition) is 3. The minimum Gasteiger partial charge on any atom is -0.497 e. The number of rotatable bonds is 5. The van der Waals surface area contributed by atoms with E-state index in [-0.39, 0.29) is 18.5 Å². The van der Waals surface area contributed by atoms with Crippen molar-refractivity contribution in [3.63, 3.8) is 0 Å². The summed E-state index contributed by atoms with van der Waals surface area (Å²) in [4.78, 5) is 22.9. The van der Waals surface area contributed by atoms with Gasteiger partial charge in [0.1, 0.15) is 11.5 Å².